The van der Waals surface area contributed by atoms with Crippen LogP contribution in [0.3, 0.4) is 0 Å². The molecule has 5 heteroatoms. The molecular formula is C18H16N2O3. The van der Waals surface area contributed by atoms with Crippen LogP contribution in [0.2, 0.25) is 0 Å². The number of amides is 1. The molecule has 0 saturated heterocycles. The van der Waals surface area contributed by atoms with Gasteiger partial charge in [0.25, 0.3) is 5.91 Å². The molecule has 0 unspecified atom stereocenters. The number of nitrogens with one attached hydrogen (secondary N) is 1. The van der Waals surface area contributed by atoms with Crippen molar-refractivity contribution >= 4 is 22.5 Å². The lowest BCUT2D eigenvalue weighted by atomic mass is 10.1. The van der Waals surface area contributed by atoms with Gasteiger partial charge in [-0.05, 0) is 24.3 Å². The SMILES string of the molecule is COc1ccc(C(=O)Nc2cnc3ccccc3c2)c(OC)c1. The number of anilines is 1. The van der Waals surface area contributed by atoms with Gasteiger partial charge in [-0.1, -0.05) is 18.2 Å². The third kappa shape index (κ3) is 3.08. The van der Waals surface area contributed by atoms with E-state index in [0.29, 0.717) is 22.7 Å². The van der Waals surface area contributed by atoms with Gasteiger partial charge >= 0.3 is 0 Å². The van der Waals surface area contributed by atoms with Crippen LogP contribution in [0.5, 0.6) is 11.5 Å². The lowest BCUT2D eigenvalue weighted by Gasteiger charge is -2.11. The van der Waals surface area contributed by atoms with E-state index in [4.69, 9.17) is 9.47 Å². The molecule has 1 N–H and O–H groups in total. The number of rotatable bonds is 4. The summed E-state index contributed by atoms with van der Waals surface area (Å²) in [4.78, 5) is 16.8. The van der Waals surface area contributed by atoms with Gasteiger partial charge in [0.05, 0.1) is 37.2 Å². The van der Waals surface area contributed by atoms with E-state index in [1.807, 2.05) is 30.3 Å². The third-order valence-electron chi connectivity index (χ3n) is 3.50. The van der Waals surface area contributed by atoms with E-state index < -0.39 is 0 Å². The summed E-state index contributed by atoms with van der Waals surface area (Å²) in [5, 5.41) is 3.81. The normalized spacial score (nSPS) is 10.3. The first-order valence-corrected chi connectivity index (χ1v) is 7.09. The van der Waals surface area contributed by atoms with Gasteiger partial charge in [0.2, 0.25) is 0 Å². The van der Waals surface area contributed by atoms with Crippen molar-refractivity contribution in [1.82, 2.24) is 4.98 Å². The summed E-state index contributed by atoms with van der Waals surface area (Å²) in [6.45, 7) is 0. The highest BCUT2D eigenvalue weighted by Crippen LogP contribution is 2.25. The molecular weight excluding hydrogens is 292 g/mol. The maximum Gasteiger partial charge on any atom is 0.259 e. The van der Waals surface area contributed by atoms with Crippen molar-refractivity contribution < 1.29 is 14.3 Å². The highest BCUT2D eigenvalue weighted by molar-refractivity contribution is 6.06. The Labute approximate surface area is 133 Å². The summed E-state index contributed by atoms with van der Waals surface area (Å²) in [6, 6.07) is 14.7. The van der Waals surface area contributed by atoms with Gasteiger partial charge in [-0.3, -0.25) is 9.78 Å². The summed E-state index contributed by atoms with van der Waals surface area (Å²) < 4.78 is 10.4. The largest absolute Gasteiger partial charge is 0.497 e. The Hall–Kier alpha value is -3.08. The van der Waals surface area contributed by atoms with Crippen molar-refractivity contribution in [2.45, 2.75) is 0 Å². The Balaban J connectivity index is 1.88. The van der Waals surface area contributed by atoms with Crippen LogP contribution in [0.1, 0.15) is 10.4 Å². The molecule has 0 aliphatic heterocycles. The van der Waals surface area contributed by atoms with Gasteiger partial charge in [-0.15, -0.1) is 0 Å². The fraction of sp³-hybridized carbons (Fsp3) is 0.111. The topological polar surface area (TPSA) is 60.5 Å². The summed E-state index contributed by atoms with van der Waals surface area (Å²) in [5.41, 5.74) is 1.94. The monoisotopic (exact) mass is 308 g/mol. The number of para-hydroxylation sites is 1. The number of hydrogen-bond donors (Lipinski definition) is 1. The van der Waals surface area contributed by atoms with Gasteiger partial charge in [0.1, 0.15) is 11.5 Å². The van der Waals surface area contributed by atoms with Gasteiger partial charge in [0, 0.05) is 11.5 Å². The van der Waals surface area contributed by atoms with Crippen molar-refractivity contribution in [2.24, 2.45) is 0 Å². The standard InChI is InChI=1S/C18H16N2O3/c1-22-14-7-8-15(17(10-14)23-2)18(21)20-13-9-12-5-3-4-6-16(12)19-11-13/h3-11H,1-2H3,(H,20,21). The maximum atomic E-state index is 12.5. The van der Waals surface area contributed by atoms with Crippen LogP contribution in [0.25, 0.3) is 10.9 Å². The Morgan fingerprint density at radius 1 is 1.04 bits per heavy atom. The number of methoxy groups -OCH3 is 2. The average Bonchev–Trinajstić information content (AvgIpc) is 2.60. The molecule has 0 saturated carbocycles. The third-order valence-corrected chi connectivity index (χ3v) is 3.50. The lowest BCUT2D eigenvalue weighted by molar-refractivity contribution is 0.102. The Morgan fingerprint density at radius 3 is 2.65 bits per heavy atom. The molecule has 3 aromatic rings. The molecule has 0 fully saturated rings. The molecule has 1 amide bonds. The van der Waals surface area contributed by atoms with Crippen LogP contribution in [0, 0.1) is 0 Å². The maximum absolute atomic E-state index is 12.5. The number of benzene rings is 2. The van der Waals surface area contributed by atoms with Crippen LogP contribution in [0.15, 0.2) is 54.7 Å². The minimum absolute atomic E-state index is 0.262. The summed E-state index contributed by atoms with van der Waals surface area (Å²) >= 11 is 0. The molecule has 2 aromatic carbocycles. The minimum atomic E-state index is -0.262. The molecule has 1 aromatic heterocycles. The van der Waals surface area contributed by atoms with E-state index in [9.17, 15) is 4.79 Å². The van der Waals surface area contributed by atoms with Crippen LogP contribution in [-0.4, -0.2) is 25.1 Å². The number of hydrogen-bond acceptors (Lipinski definition) is 4. The fourth-order valence-corrected chi connectivity index (χ4v) is 2.32. The highest BCUT2D eigenvalue weighted by Gasteiger charge is 2.14. The van der Waals surface area contributed by atoms with Crippen LogP contribution >= 0.6 is 0 Å². The van der Waals surface area contributed by atoms with E-state index in [0.717, 1.165) is 10.9 Å². The molecule has 0 bridgehead atoms. The molecule has 23 heavy (non-hydrogen) atoms. The second-order valence-corrected chi connectivity index (χ2v) is 4.94. The van der Waals surface area contributed by atoms with Crippen LogP contribution in [-0.2, 0) is 0 Å². The van der Waals surface area contributed by atoms with E-state index in [-0.39, 0.29) is 5.91 Å². The predicted molar refractivity (Wildman–Crippen MR) is 89.2 cm³/mol. The second kappa shape index (κ2) is 6.36. The van der Waals surface area contributed by atoms with Crippen molar-refractivity contribution in [3.05, 3.63) is 60.3 Å². The van der Waals surface area contributed by atoms with E-state index >= 15 is 0 Å². The number of aromatic nitrogens is 1. The van der Waals surface area contributed by atoms with E-state index in [2.05, 4.69) is 10.3 Å². The number of ether oxygens (including phenoxy) is 2. The minimum Gasteiger partial charge on any atom is -0.497 e. The lowest BCUT2D eigenvalue weighted by Crippen LogP contribution is -2.13. The molecule has 0 aliphatic carbocycles. The summed E-state index contributed by atoms with van der Waals surface area (Å²) in [5.74, 6) is 0.822. The molecule has 5 nitrogen and oxygen atoms in total. The van der Waals surface area contributed by atoms with Crippen molar-refractivity contribution in [1.29, 1.82) is 0 Å². The van der Waals surface area contributed by atoms with Crippen molar-refractivity contribution in [3.8, 4) is 11.5 Å². The first-order valence-electron chi connectivity index (χ1n) is 7.09. The quantitative estimate of drug-likeness (QED) is 0.801. The second-order valence-electron chi connectivity index (χ2n) is 4.94. The molecule has 0 atom stereocenters. The number of pyridine rings is 1. The van der Waals surface area contributed by atoms with Crippen LogP contribution in [0.4, 0.5) is 5.69 Å². The number of nitrogens with zero attached hydrogens (tertiary/aromatic N) is 1. The summed E-state index contributed by atoms with van der Waals surface area (Å²) in [7, 11) is 3.08. The van der Waals surface area contributed by atoms with Gasteiger partial charge in [0.15, 0.2) is 0 Å². The molecule has 0 spiro atoms. The predicted octanol–water partition coefficient (Wildman–Crippen LogP) is 3.50. The first-order chi connectivity index (χ1) is 11.2. The van der Waals surface area contributed by atoms with Gasteiger partial charge < -0.3 is 14.8 Å². The molecule has 116 valence electrons. The Morgan fingerprint density at radius 2 is 1.87 bits per heavy atom. The molecule has 3 rings (SSSR count). The number of carbonyl (C=O) groups is 1. The fourth-order valence-electron chi connectivity index (χ4n) is 2.32. The number of fused-ring (bicyclic) bond motifs is 1. The zero-order chi connectivity index (χ0) is 16.2. The van der Waals surface area contributed by atoms with E-state index in [1.165, 1.54) is 7.11 Å². The van der Waals surface area contributed by atoms with Crippen molar-refractivity contribution in [3.63, 3.8) is 0 Å². The van der Waals surface area contributed by atoms with E-state index in [1.54, 1.807) is 31.5 Å². The Kier molecular flexibility index (Phi) is 4.10. The zero-order valence-corrected chi connectivity index (χ0v) is 12.9. The summed E-state index contributed by atoms with van der Waals surface area (Å²) in [6.07, 6.45) is 1.64. The van der Waals surface area contributed by atoms with Crippen molar-refractivity contribution in [2.75, 3.05) is 19.5 Å². The highest BCUT2D eigenvalue weighted by atomic mass is 16.5. The first kappa shape index (κ1) is 14.8. The Bertz CT molecular complexity index is 862. The van der Waals surface area contributed by atoms with Gasteiger partial charge in [-0.25, -0.2) is 0 Å². The average molecular weight is 308 g/mol. The number of carbonyl (C=O) groups excluding carboxylic acids is 1. The smallest absolute Gasteiger partial charge is 0.259 e. The van der Waals surface area contributed by atoms with Gasteiger partial charge in [-0.2, -0.15) is 0 Å². The molecule has 0 aliphatic rings. The molecule has 1 heterocycles. The molecule has 0 radical (unpaired) electrons. The zero-order valence-electron chi connectivity index (χ0n) is 12.9. The van der Waals surface area contributed by atoms with Crippen LogP contribution < -0.4 is 14.8 Å².